The number of furan rings is 1. The van der Waals surface area contributed by atoms with Crippen LogP contribution < -0.4 is 5.73 Å². The zero-order chi connectivity index (χ0) is 11.7. The molecule has 0 aliphatic carbocycles. The Labute approximate surface area is 97.8 Å². The number of halogens is 2. The summed E-state index contributed by atoms with van der Waals surface area (Å²) in [7, 11) is 0. The van der Waals surface area contributed by atoms with E-state index in [1.165, 1.54) is 18.4 Å². The van der Waals surface area contributed by atoms with Crippen LogP contribution in [0, 0.1) is 12.7 Å². The lowest BCUT2D eigenvalue weighted by atomic mass is 9.97. The Morgan fingerprint density at radius 2 is 2.06 bits per heavy atom. The molecule has 0 radical (unpaired) electrons. The van der Waals surface area contributed by atoms with Crippen LogP contribution in [0.2, 0.25) is 5.22 Å². The van der Waals surface area contributed by atoms with Gasteiger partial charge in [-0.2, -0.15) is 0 Å². The van der Waals surface area contributed by atoms with Crippen molar-refractivity contribution in [1.29, 1.82) is 0 Å². The standard InChI is InChI=1S/C12H11ClFNO/c1-7-2-3-8(14)6-10(7)11(15)9-4-5-16-12(9)13/h2-6,11H,15H2,1H3. The van der Waals surface area contributed by atoms with Crippen molar-refractivity contribution < 1.29 is 8.81 Å². The van der Waals surface area contributed by atoms with Gasteiger partial charge in [-0.25, -0.2) is 4.39 Å². The van der Waals surface area contributed by atoms with Gasteiger partial charge in [0.2, 0.25) is 0 Å². The van der Waals surface area contributed by atoms with Crippen LogP contribution >= 0.6 is 11.6 Å². The number of benzene rings is 1. The minimum atomic E-state index is -0.470. The lowest BCUT2D eigenvalue weighted by molar-refractivity contribution is 0.564. The largest absolute Gasteiger partial charge is 0.453 e. The van der Waals surface area contributed by atoms with Crippen LogP contribution in [-0.2, 0) is 0 Å². The van der Waals surface area contributed by atoms with E-state index in [4.69, 9.17) is 21.8 Å². The minimum Gasteiger partial charge on any atom is -0.453 e. The Morgan fingerprint density at radius 3 is 2.69 bits per heavy atom. The van der Waals surface area contributed by atoms with E-state index in [9.17, 15) is 4.39 Å². The molecule has 1 aromatic carbocycles. The molecule has 0 aliphatic rings. The van der Waals surface area contributed by atoms with E-state index in [2.05, 4.69) is 0 Å². The lowest BCUT2D eigenvalue weighted by Gasteiger charge is -2.13. The fourth-order valence-corrected chi connectivity index (χ4v) is 1.87. The smallest absolute Gasteiger partial charge is 0.198 e. The molecule has 0 saturated carbocycles. The topological polar surface area (TPSA) is 39.2 Å². The molecule has 0 amide bonds. The van der Waals surface area contributed by atoms with Crippen molar-refractivity contribution in [2.45, 2.75) is 13.0 Å². The molecule has 0 fully saturated rings. The zero-order valence-corrected chi connectivity index (χ0v) is 9.46. The molecule has 2 N–H and O–H groups in total. The Balaban J connectivity index is 2.45. The van der Waals surface area contributed by atoms with Gasteiger partial charge < -0.3 is 10.2 Å². The molecule has 1 heterocycles. The molecule has 2 nitrogen and oxygen atoms in total. The lowest BCUT2D eigenvalue weighted by Crippen LogP contribution is -2.13. The number of nitrogens with two attached hydrogens (primary N) is 1. The van der Waals surface area contributed by atoms with E-state index in [1.54, 1.807) is 12.1 Å². The third-order valence-electron chi connectivity index (χ3n) is 2.56. The van der Waals surface area contributed by atoms with E-state index in [0.717, 1.165) is 5.56 Å². The fourth-order valence-electron chi connectivity index (χ4n) is 1.64. The number of aryl methyl sites for hydroxylation is 1. The quantitative estimate of drug-likeness (QED) is 0.872. The second kappa shape index (κ2) is 4.28. The van der Waals surface area contributed by atoms with Gasteiger partial charge in [0.25, 0.3) is 0 Å². The third kappa shape index (κ3) is 1.96. The molecule has 1 unspecified atom stereocenters. The SMILES string of the molecule is Cc1ccc(F)cc1C(N)c1ccoc1Cl. The van der Waals surface area contributed by atoms with E-state index < -0.39 is 6.04 Å². The summed E-state index contributed by atoms with van der Waals surface area (Å²) in [6.07, 6.45) is 1.46. The van der Waals surface area contributed by atoms with Gasteiger partial charge in [0, 0.05) is 5.56 Å². The van der Waals surface area contributed by atoms with Crippen LogP contribution in [0.3, 0.4) is 0 Å². The maximum absolute atomic E-state index is 13.1. The molecule has 16 heavy (non-hydrogen) atoms. The predicted molar refractivity (Wildman–Crippen MR) is 60.9 cm³/mol. The molecule has 4 heteroatoms. The van der Waals surface area contributed by atoms with E-state index in [0.29, 0.717) is 11.1 Å². The van der Waals surface area contributed by atoms with Crippen molar-refractivity contribution in [3.05, 3.63) is 58.3 Å². The van der Waals surface area contributed by atoms with Gasteiger partial charge in [-0.3, -0.25) is 0 Å². The van der Waals surface area contributed by atoms with Crippen molar-refractivity contribution in [1.82, 2.24) is 0 Å². The third-order valence-corrected chi connectivity index (χ3v) is 2.86. The highest BCUT2D eigenvalue weighted by Crippen LogP contribution is 2.29. The first-order valence-corrected chi connectivity index (χ1v) is 5.22. The van der Waals surface area contributed by atoms with Gasteiger partial charge in [-0.1, -0.05) is 6.07 Å². The molecule has 0 bridgehead atoms. The molecule has 2 aromatic rings. The van der Waals surface area contributed by atoms with Gasteiger partial charge in [0.05, 0.1) is 12.3 Å². The van der Waals surface area contributed by atoms with Crippen molar-refractivity contribution >= 4 is 11.6 Å². The van der Waals surface area contributed by atoms with E-state index in [-0.39, 0.29) is 11.0 Å². The zero-order valence-electron chi connectivity index (χ0n) is 8.71. The Bertz CT molecular complexity index is 509. The van der Waals surface area contributed by atoms with Gasteiger partial charge >= 0.3 is 0 Å². The summed E-state index contributed by atoms with van der Waals surface area (Å²) < 4.78 is 18.1. The highest BCUT2D eigenvalue weighted by Gasteiger charge is 2.17. The maximum atomic E-state index is 13.1. The Hall–Kier alpha value is -1.32. The summed E-state index contributed by atoms with van der Waals surface area (Å²) in [4.78, 5) is 0. The van der Waals surface area contributed by atoms with Crippen LogP contribution in [0.15, 0.2) is 34.9 Å². The van der Waals surface area contributed by atoms with Gasteiger partial charge in [0.1, 0.15) is 5.82 Å². The van der Waals surface area contributed by atoms with Crippen molar-refractivity contribution in [3.63, 3.8) is 0 Å². The van der Waals surface area contributed by atoms with Crippen LogP contribution in [0.25, 0.3) is 0 Å². The normalized spacial score (nSPS) is 12.8. The summed E-state index contributed by atoms with van der Waals surface area (Å²) in [5.74, 6) is -0.310. The highest BCUT2D eigenvalue weighted by atomic mass is 35.5. The Kier molecular flexibility index (Phi) is 2.99. The van der Waals surface area contributed by atoms with Gasteiger partial charge in [-0.15, -0.1) is 0 Å². The second-order valence-corrected chi connectivity index (χ2v) is 3.97. The maximum Gasteiger partial charge on any atom is 0.198 e. The summed E-state index contributed by atoms with van der Waals surface area (Å²) in [6, 6.07) is 5.74. The highest BCUT2D eigenvalue weighted by molar-refractivity contribution is 6.29. The molecule has 1 atom stereocenters. The van der Waals surface area contributed by atoms with Crippen LogP contribution in [0.1, 0.15) is 22.7 Å². The molecule has 2 rings (SSSR count). The van der Waals surface area contributed by atoms with E-state index >= 15 is 0 Å². The first kappa shape index (κ1) is 11.2. The van der Waals surface area contributed by atoms with Gasteiger partial charge in [0.15, 0.2) is 5.22 Å². The number of rotatable bonds is 2. The van der Waals surface area contributed by atoms with Crippen LogP contribution in [-0.4, -0.2) is 0 Å². The average molecular weight is 240 g/mol. The van der Waals surface area contributed by atoms with Gasteiger partial charge in [-0.05, 0) is 47.9 Å². The molecule has 1 aromatic heterocycles. The minimum absolute atomic E-state index is 0.246. The first-order valence-electron chi connectivity index (χ1n) is 4.84. The number of hydrogen-bond acceptors (Lipinski definition) is 2. The summed E-state index contributed by atoms with van der Waals surface area (Å²) in [5.41, 5.74) is 8.32. The van der Waals surface area contributed by atoms with Crippen LogP contribution in [0.4, 0.5) is 4.39 Å². The fraction of sp³-hybridized carbons (Fsp3) is 0.167. The summed E-state index contributed by atoms with van der Waals surface area (Å²) in [6.45, 7) is 1.88. The molecular formula is C12H11ClFNO. The summed E-state index contributed by atoms with van der Waals surface area (Å²) in [5, 5.41) is 0.246. The monoisotopic (exact) mass is 239 g/mol. The molecule has 0 aliphatic heterocycles. The van der Waals surface area contributed by atoms with E-state index in [1.807, 2.05) is 6.92 Å². The van der Waals surface area contributed by atoms with Crippen molar-refractivity contribution in [2.75, 3.05) is 0 Å². The Morgan fingerprint density at radius 1 is 1.31 bits per heavy atom. The molecular weight excluding hydrogens is 229 g/mol. The first-order chi connectivity index (χ1) is 7.59. The van der Waals surface area contributed by atoms with Crippen LogP contribution in [0.5, 0.6) is 0 Å². The second-order valence-electron chi connectivity index (χ2n) is 3.63. The van der Waals surface area contributed by atoms with Crippen molar-refractivity contribution in [2.24, 2.45) is 5.73 Å². The molecule has 84 valence electrons. The van der Waals surface area contributed by atoms with Crippen molar-refractivity contribution in [3.8, 4) is 0 Å². The number of hydrogen-bond donors (Lipinski definition) is 1. The molecule has 0 spiro atoms. The summed E-state index contributed by atoms with van der Waals surface area (Å²) >= 11 is 5.84. The molecule has 0 saturated heterocycles. The average Bonchev–Trinajstić information content (AvgIpc) is 2.67. The predicted octanol–water partition coefficient (Wildman–Crippen LogP) is 3.43.